The molecule has 1 aliphatic rings. The summed E-state index contributed by atoms with van der Waals surface area (Å²) in [6, 6.07) is 14.0. The lowest BCUT2D eigenvalue weighted by molar-refractivity contribution is 0.0596. The van der Waals surface area contributed by atoms with Crippen LogP contribution in [0.25, 0.3) is 0 Å². The highest BCUT2D eigenvalue weighted by molar-refractivity contribution is 5.91. The Kier molecular flexibility index (Phi) is 4.06. The molecule has 0 radical (unpaired) electrons. The van der Waals surface area contributed by atoms with Gasteiger partial charge in [-0.05, 0) is 24.6 Å². The molecule has 0 N–H and O–H groups in total. The third kappa shape index (κ3) is 3.34. The average molecular weight is 284 g/mol. The van der Waals surface area contributed by atoms with Crippen LogP contribution in [0, 0.1) is 6.92 Å². The lowest BCUT2D eigenvalue weighted by atomic mass is 10.2. The molecule has 0 spiro atoms. The minimum atomic E-state index is 0.00228. The summed E-state index contributed by atoms with van der Waals surface area (Å²) in [5.74, 6) is 1.23. The van der Waals surface area contributed by atoms with Gasteiger partial charge in [-0.15, -0.1) is 0 Å². The van der Waals surface area contributed by atoms with Crippen molar-refractivity contribution in [3.63, 3.8) is 0 Å². The van der Waals surface area contributed by atoms with E-state index < -0.39 is 0 Å². The Morgan fingerprint density at radius 2 is 1.76 bits per heavy atom. The normalized spacial score (nSPS) is 16.1. The highest BCUT2D eigenvalue weighted by atomic mass is 16.3. The molecule has 1 aromatic heterocycles. The van der Waals surface area contributed by atoms with E-state index in [1.807, 2.05) is 24.0 Å². The van der Waals surface area contributed by atoms with Gasteiger partial charge in [0.05, 0.1) is 0 Å². The molecule has 2 heterocycles. The van der Waals surface area contributed by atoms with E-state index in [0.717, 1.165) is 38.5 Å². The molecule has 1 aliphatic heterocycles. The van der Waals surface area contributed by atoms with Crippen LogP contribution in [0.2, 0.25) is 0 Å². The first-order valence-electron chi connectivity index (χ1n) is 7.34. The van der Waals surface area contributed by atoms with Crippen LogP contribution >= 0.6 is 0 Å². The van der Waals surface area contributed by atoms with Crippen molar-refractivity contribution in [3.05, 3.63) is 59.5 Å². The summed E-state index contributed by atoms with van der Waals surface area (Å²) < 4.78 is 5.42. The molecule has 0 saturated carbocycles. The van der Waals surface area contributed by atoms with Gasteiger partial charge in [0.1, 0.15) is 5.76 Å². The van der Waals surface area contributed by atoms with Crippen molar-refractivity contribution in [1.29, 1.82) is 0 Å². The van der Waals surface area contributed by atoms with E-state index in [2.05, 4.69) is 29.2 Å². The SMILES string of the molecule is Cc1ccc(C(=O)N2CCN(Cc3ccccc3)CC2)o1. The summed E-state index contributed by atoms with van der Waals surface area (Å²) in [4.78, 5) is 16.5. The number of carbonyl (C=O) groups is 1. The molecule has 3 rings (SSSR count). The minimum Gasteiger partial charge on any atom is -0.456 e. The first-order valence-corrected chi connectivity index (χ1v) is 7.34. The summed E-state index contributed by atoms with van der Waals surface area (Å²) in [5, 5.41) is 0. The first kappa shape index (κ1) is 13.9. The summed E-state index contributed by atoms with van der Waals surface area (Å²) in [5.41, 5.74) is 1.32. The fraction of sp³-hybridized carbons (Fsp3) is 0.353. The van der Waals surface area contributed by atoms with Crippen molar-refractivity contribution >= 4 is 5.91 Å². The zero-order valence-electron chi connectivity index (χ0n) is 12.3. The maximum atomic E-state index is 12.3. The predicted octanol–water partition coefficient (Wildman–Crippen LogP) is 2.55. The second-order valence-corrected chi connectivity index (χ2v) is 5.46. The van der Waals surface area contributed by atoms with Crippen LogP contribution in [0.5, 0.6) is 0 Å². The van der Waals surface area contributed by atoms with E-state index >= 15 is 0 Å². The number of piperazine rings is 1. The molecular formula is C17H20N2O2. The van der Waals surface area contributed by atoms with Crippen LogP contribution < -0.4 is 0 Å². The maximum absolute atomic E-state index is 12.3. The van der Waals surface area contributed by atoms with Gasteiger partial charge in [0.25, 0.3) is 5.91 Å². The minimum absolute atomic E-state index is 0.00228. The van der Waals surface area contributed by atoms with Gasteiger partial charge in [-0.1, -0.05) is 30.3 Å². The summed E-state index contributed by atoms with van der Waals surface area (Å²) >= 11 is 0. The number of nitrogens with zero attached hydrogens (tertiary/aromatic N) is 2. The Hall–Kier alpha value is -2.07. The molecule has 1 saturated heterocycles. The maximum Gasteiger partial charge on any atom is 0.289 e. The van der Waals surface area contributed by atoms with Crippen molar-refractivity contribution < 1.29 is 9.21 Å². The smallest absolute Gasteiger partial charge is 0.289 e. The van der Waals surface area contributed by atoms with Crippen molar-refractivity contribution in [2.45, 2.75) is 13.5 Å². The average Bonchev–Trinajstić information content (AvgIpc) is 2.95. The Balaban J connectivity index is 1.54. The summed E-state index contributed by atoms with van der Waals surface area (Å²) in [7, 11) is 0. The van der Waals surface area contributed by atoms with Crippen molar-refractivity contribution in [3.8, 4) is 0 Å². The number of furan rings is 1. The summed E-state index contributed by atoms with van der Waals surface area (Å²) in [6.45, 7) is 6.12. The molecule has 110 valence electrons. The van der Waals surface area contributed by atoms with E-state index in [1.165, 1.54) is 5.56 Å². The quantitative estimate of drug-likeness (QED) is 0.869. The molecule has 0 atom stereocenters. The second-order valence-electron chi connectivity index (χ2n) is 5.46. The van der Waals surface area contributed by atoms with Crippen LogP contribution in [0.15, 0.2) is 46.9 Å². The largest absolute Gasteiger partial charge is 0.456 e. The zero-order valence-corrected chi connectivity index (χ0v) is 12.3. The number of benzene rings is 1. The predicted molar refractivity (Wildman–Crippen MR) is 81.1 cm³/mol. The van der Waals surface area contributed by atoms with E-state index in [0.29, 0.717) is 5.76 Å². The molecule has 1 fully saturated rings. The van der Waals surface area contributed by atoms with Crippen molar-refractivity contribution in [2.75, 3.05) is 26.2 Å². The molecule has 4 nitrogen and oxygen atoms in total. The number of hydrogen-bond donors (Lipinski definition) is 0. The van der Waals surface area contributed by atoms with Gasteiger partial charge < -0.3 is 9.32 Å². The van der Waals surface area contributed by atoms with Gasteiger partial charge in [0, 0.05) is 32.7 Å². The van der Waals surface area contributed by atoms with Gasteiger partial charge in [0.2, 0.25) is 0 Å². The monoisotopic (exact) mass is 284 g/mol. The van der Waals surface area contributed by atoms with Crippen LogP contribution in [0.4, 0.5) is 0 Å². The van der Waals surface area contributed by atoms with E-state index in [9.17, 15) is 4.79 Å². The third-order valence-corrected chi connectivity index (χ3v) is 3.86. The van der Waals surface area contributed by atoms with Gasteiger partial charge in [0.15, 0.2) is 5.76 Å². The molecule has 4 heteroatoms. The zero-order chi connectivity index (χ0) is 14.7. The number of aryl methyl sites for hydroxylation is 1. The molecule has 1 amide bonds. The Bertz CT molecular complexity index is 598. The van der Waals surface area contributed by atoms with E-state index in [-0.39, 0.29) is 5.91 Å². The van der Waals surface area contributed by atoms with Crippen molar-refractivity contribution in [1.82, 2.24) is 9.80 Å². The lowest BCUT2D eigenvalue weighted by Gasteiger charge is -2.34. The van der Waals surface area contributed by atoms with Crippen LogP contribution in [-0.4, -0.2) is 41.9 Å². The highest BCUT2D eigenvalue weighted by Crippen LogP contribution is 2.13. The van der Waals surface area contributed by atoms with Gasteiger partial charge >= 0.3 is 0 Å². The number of hydrogen-bond acceptors (Lipinski definition) is 3. The Labute approximate surface area is 125 Å². The van der Waals surface area contributed by atoms with Crippen LogP contribution in [-0.2, 0) is 6.54 Å². The summed E-state index contributed by atoms with van der Waals surface area (Å²) in [6.07, 6.45) is 0. The van der Waals surface area contributed by atoms with E-state index in [1.54, 1.807) is 6.07 Å². The standard InChI is InChI=1S/C17H20N2O2/c1-14-7-8-16(21-14)17(20)19-11-9-18(10-12-19)13-15-5-3-2-4-6-15/h2-8H,9-13H2,1H3. The molecule has 0 bridgehead atoms. The fourth-order valence-electron chi connectivity index (χ4n) is 2.66. The number of rotatable bonds is 3. The lowest BCUT2D eigenvalue weighted by Crippen LogP contribution is -2.48. The van der Waals surface area contributed by atoms with Crippen molar-refractivity contribution in [2.24, 2.45) is 0 Å². The number of amides is 1. The molecule has 21 heavy (non-hydrogen) atoms. The third-order valence-electron chi connectivity index (χ3n) is 3.86. The van der Waals surface area contributed by atoms with Crippen LogP contribution in [0.1, 0.15) is 21.9 Å². The first-order chi connectivity index (χ1) is 10.2. The van der Waals surface area contributed by atoms with Gasteiger partial charge in [-0.25, -0.2) is 0 Å². The molecule has 0 aliphatic carbocycles. The van der Waals surface area contributed by atoms with Crippen LogP contribution in [0.3, 0.4) is 0 Å². The van der Waals surface area contributed by atoms with Gasteiger partial charge in [-0.3, -0.25) is 9.69 Å². The fourth-order valence-corrected chi connectivity index (χ4v) is 2.66. The topological polar surface area (TPSA) is 36.7 Å². The molecule has 0 unspecified atom stereocenters. The Morgan fingerprint density at radius 3 is 2.38 bits per heavy atom. The highest BCUT2D eigenvalue weighted by Gasteiger charge is 2.23. The molecule has 2 aromatic rings. The number of carbonyl (C=O) groups excluding carboxylic acids is 1. The second kappa shape index (κ2) is 6.14. The van der Waals surface area contributed by atoms with E-state index in [4.69, 9.17) is 4.42 Å². The molecule has 1 aromatic carbocycles. The Morgan fingerprint density at radius 1 is 1.05 bits per heavy atom. The molecular weight excluding hydrogens is 264 g/mol. The van der Waals surface area contributed by atoms with Gasteiger partial charge in [-0.2, -0.15) is 0 Å².